The van der Waals surface area contributed by atoms with Gasteiger partial charge in [0.2, 0.25) is 0 Å². The molecule has 0 bridgehead atoms. The first-order chi connectivity index (χ1) is 8.63. The maximum atomic E-state index is 5.70. The van der Waals surface area contributed by atoms with E-state index < -0.39 is 0 Å². The number of nitrogens with two attached hydrogens (primary N) is 1. The third kappa shape index (κ3) is 2.61. The van der Waals surface area contributed by atoms with E-state index in [1.807, 2.05) is 0 Å². The molecule has 0 aromatic carbocycles. The predicted octanol–water partition coefficient (Wildman–Crippen LogP) is 1.71. The molecule has 98 valence electrons. The molecule has 1 unspecified atom stereocenters. The monoisotopic (exact) mass is 264 g/mol. The second kappa shape index (κ2) is 5.61. The van der Waals surface area contributed by atoms with Gasteiger partial charge >= 0.3 is 0 Å². The van der Waals surface area contributed by atoms with Crippen molar-refractivity contribution in [2.75, 3.05) is 18.0 Å². The zero-order valence-corrected chi connectivity index (χ0v) is 11.8. The van der Waals surface area contributed by atoms with Gasteiger partial charge in [0, 0.05) is 30.3 Å². The van der Waals surface area contributed by atoms with E-state index in [2.05, 4.69) is 28.7 Å². The van der Waals surface area contributed by atoms with Crippen molar-refractivity contribution in [3.8, 4) is 0 Å². The van der Waals surface area contributed by atoms with Crippen LogP contribution in [0.25, 0.3) is 0 Å². The maximum absolute atomic E-state index is 5.70. The highest BCUT2D eigenvalue weighted by Crippen LogP contribution is 2.28. The number of anilines is 1. The molecule has 0 fully saturated rings. The van der Waals surface area contributed by atoms with Crippen LogP contribution in [0.3, 0.4) is 0 Å². The van der Waals surface area contributed by atoms with Gasteiger partial charge in [-0.15, -0.1) is 0 Å². The van der Waals surface area contributed by atoms with Crippen molar-refractivity contribution in [3.05, 3.63) is 17.6 Å². The highest BCUT2D eigenvalue weighted by molar-refractivity contribution is 7.80. The first-order valence-corrected chi connectivity index (χ1v) is 6.91. The summed E-state index contributed by atoms with van der Waals surface area (Å²) in [7, 11) is 0. The van der Waals surface area contributed by atoms with Crippen LogP contribution in [0.2, 0.25) is 0 Å². The lowest BCUT2D eigenvalue weighted by Gasteiger charge is -2.26. The highest BCUT2D eigenvalue weighted by atomic mass is 32.1. The smallest absolute Gasteiger partial charge is 0.135 e. The van der Waals surface area contributed by atoms with Gasteiger partial charge in [0.05, 0.1) is 4.99 Å². The summed E-state index contributed by atoms with van der Waals surface area (Å²) in [5.41, 5.74) is 8.23. The van der Waals surface area contributed by atoms with Crippen molar-refractivity contribution in [1.82, 2.24) is 9.97 Å². The average molecular weight is 264 g/mol. The van der Waals surface area contributed by atoms with Crippen LogP contribution in [-0.4, -0.2) is 28.0 Å². The summed E-state index contributed by atoms with van der Waals surface area (Å²) in [6.45, 7) is 5.94. The third-order valence-corrected chi connectivity index (χ3v) is 3.92. The van der Waals surface area contributed by atoms with Crippen LogP contribution in [-0.2, 0) is 12.8 Å². The zero-order valence-electron chi connectivity index (χ0n) is 11.0. The minimum Gasteiger partial charge on any atom is -0.393 e. The summed E-state index contributed by atoms with van der Waals surface area (Å²) >= 11 is 5.05. The Bertz CT molecular complexity index is 447. The molecule has 2 rings (SSSR count). The number of hydrogen-bond donors (Lipinski definition) is 1. The Morgan fingerprint density at radius 3 is 2.94 bits per heavy atom. The minimum atomic E-state index is 0.201. The molecule has 0 radical (unpaired) electrons. The molecule has 1 aliphatic rings. The number of hydrogen-bond acceptors (Lipinski definition) is 4. The lowest BCUT2D eigenvalue weighted by molar-refractivity contribution is 0.695. The Morgan fingerprint density at radius 2 is 2.28 bits per heavy atom. The van der Waals surface area contributed by atoms with Crippen molar-refractivity contribution in [2.45, 2.75) is 33.1 Å². The molecule has 0 aliphatic heterocycles. The Morgan fingerprint density at radius 1 is 1.50 bits per heavy atom. The summed E-state index contributed by atoms with van der Waals surface area (Å²) in [6, 6.07) is 0. The lowest BCUT2D eigenvalue weighted by Crippen LogP contribution is -2.35. The van der Waals surface area contributed by atoms with E-state index in [4.69, 9.17) is 18.0 Å². The third-order valence-electron chi connectivity index (χ3n) is 3.51. The molecule has 2 N–H and O–H groups in total. The number of rotatable bonds is 5. The molecule has 5 heteroatoms. The zero-order chi connectivity index (χ0) is 13.1. The summed E-state index contributed by atoms with van der Waals surface area (Å²) in [4.78, 5) is 11.7. The van der Waals surface area contributed by atoms with E-state index in [0.29, 0.717) is 4.99 Å². The van der Waals surface area contributed by atoms with E-state index >= 15 is 0 Å². The van der Waals surface area contributed by atoms with E-state index in [1.165, 1.54) is 17.7 Å². The Labute approximate surface area is 114 Å². The summed E-state index contributed by atoms with van der Waals surface area (Å²) < 4.78 is 0. The SMILES string of the molecule is CCN(CC(C)C(N)=S)c1ncnc2c1CCC2. The van der Waals surface area contributed by atoms with Crippen molar-refractivity contribution < 1.29 is 0 Å². The largest absolute Gasteiger partial charge is 0.393 e. The maximum Gasteiger partial charge on any atom is 0.135 e. The van der Waals surface area contributed by atoms with Crippen LogP contribution in [0.4, 0.5) is 5.82 Å². The number of aryl methyl sites for hydroxylation is 1. The van der Waals surface area contributed by atoms with E-state index in [0.717, 1.165) is 31.7 Å². The second-order valence-electron chi connectivity index (χ2n) is 4.82. The van der Waals surface area contributed by atoms with Crippen LogP contribution >= 0.6 is 12.2 Å². The number of aromatic nitrogens is 2. The molecule has 1 atom stereocenters. The molecule has 1 aliphatic carbocycles. The molecule has 18 heavy (non-hydrogen) atoms. The normalized spacial score (nSPS) is 15.2. The topological polar surface area (TPSA) is 55.0 Å². The molecule has 0 amide bonds. The fraction of sp³-hybridized carbons (Fsp3) is 0.615. The fourth-order valence-corrected chi connectivity index (χ4v) is 2.48. The fourth-order valence-electron chi connectivity index (χ4n) is 2.40. The Balaban J connectivity index is 2.23. The molecule has 0 saturated heterocycles. The molecule has 1 aromatic heterocycles. The van der Waals surface area contributed by atoms with Gasteiger partial charge in [-0.1, -0.05) is 19.1 Å². The first-order valence-electron chi connectivity index (χ1n) is 6.50. The van der Waals surface area contributed by atoms with Gasteiger partial charge in [-0.05, 0) is 26.2 Å². The van der Waals surface area contributed by atoms with Gasteiger partial charge in [-0.25, -0.2) is 9.97 Å². The van der Waals surface area contributed by atoms with Gasteiger partial charge in [0.1, 0.15) is 12.1 Å². The summed E-state index contributed by atoms with van der Waals surface area (Å²) in [5, 5.41) is 0. The molecule has 1 heterocycles. The molecular formula is C13H20N4S. The Kier molecular flexibility index (Phi) is 4.11. The standard InChI is InChI=1S/C13H20N4S/c1-3-17(7-9(2)12(14)18)13-10-5-4-6-11(10)15-8-16-13/h8-9H,3-7H2,1-2H3,(H2,14,18). The van der Waals surface area contributed by atoms with Gasteiger partial charge in [-0.3, -0.25) is 0 Å². The van der Waals surface area contributed by atoms with Gasteiger partial charge in [-0.2, -0.15) is 0 Å². The van der Waals surface area contributed by atoms with Crippen molar-refractivity contribution in [3.63, 3.8) is 0 Å². The Hall–Kier alpha value is -1.23. The minimum absolute atomic E-state index is 0.201. The molecule has 1 aromatic rings. The summed E-state index contributed by atoms with van der Waals surface area (Å²) in [6.07, 6.45) is 5.02. The van der Waals surface area contributed by atoms with Crippen LogP contribution in [0.5, 0.6) is 0 Å². The van der Waals surface area contributed by atoms with Crippen LogP contribution in [0, 0.1) is 5.92 Å². The molecule has 0 saturated carbocycles. The van der Waals surface area contributed by atoms with E-state index in [9.17, 15) is 0 Å². The quantitative estimate of drug-likeness (QED) is 0.821. The number of fused-ring (bicyclic) bond motifs is 1. The van der Waals surface area contributed by atoms with Crippen LogP contribution in [0.15, 0.2) is 6.33 Å². The van der Waals surface area contributed by atoms with Gasteiger partial charge in [0.25, 0.3) is 0 Å². The highest BCUT2D eigenvalue weighted by Gasteiger charge is 2.21. The van der Waals surface area contributed by atoms with Crippen molar-refractivity contribution in [1.29, 1.82) is 0 Å². The number of nitrogens with zero attached hydrogens (tertiary/aromatic N) is 3. The molecular weight excluding hydrogens is 244 g/mol. The molecule has 0 spiro atoms. The summed E-state index contributed by atoms with van der Waals surface area (Å²) in [5.74, 6) is 1.27. The number of thiocarbonyl (C=S) groups is 1. The van der Waals surface area contributed by atoms with Crippen molar-refractivity contribution in [2.24, 2.45) is 11.7 Å². The molecule has 4 nitrogen and oxygen atoms in total. The first kappa shape index (κ1) is 13.2. The van der Waals surface area contributed by atoms with Crippen molar-refractivity contribution >= 4 is 23.0 Å². The second-order valence-corrected chi connectivity index (χ2v) is 5.29. The average Bonchev–Trinajstić information content (AvgIpc) is 2.83. The van der Waals surface area contributed by atoms with Crippen LogP contribution < -0.4 is 10.6 Å². The van der Waals surface area contributed by atoms with Gasteiger partial charge < -0.3 is 10.6 Å². The van der Waals surface area contributed by atoms with Crippen LogP contribution in [0.1, 0.15) is 31.5 Å². The lowest BCUT2D eigenvalue weighted by atomic mass is 10.1. The van der Waals surface area contributed by atoms with Gasteiger partial charge in [0.15, 0.2) is 0 Å². The van der Waals surface area contributed by atoms with E-state index in [-0.39, 0.29) is 5.92 Å². The predicted molar refractivity (Wildman–Crippen MR) is 77.9 cm³/mol. The van der Waals surface area contributed by atoms with E-state index in [1.54, 1.807) is 6.33 Å².